The Labute approximate surface area is 133 Å². The van der Waals surface area contributed by atoms with Crippen molar-refractivity contribution in [3.8, 4) is 0 Å². The van der Waals surface area contributed by atoms with Crippen LogP contribution in [0.2, 0.25) is 0 Å². The first-order chi connectivity index (χ1) is 10.8. The minimum Gasteiger partial charge on any atom is -0.352 e. The highest BCUT2D eigenvalue weighted by Gasteiger charge is 2.25. The molecule has 22 heavy (non-hydrogen) atoms. The van der Waals surface area contributed by atoms with Gasteiger partial charge in [0.2, 0.25) is 5.91 Å². The first kappa shape index (κ1) is 15.5. The Morgan fingerprint density at radius 3 is 2.55 bits per heavy atom. The topological polar surface area (TPSA) is 41.1 Å². The third kappa shape index (κ3) is 4.33. The van der Waals surface area contributed by atoms with Crippen LogP contribution >= 0.6 is 0 Å². The minimum atomic E-state index is 0.261. The molecule has 3 rings (SSSR count). The molecule has 0 radical (unpaired) electrons. The fraction of sp³-hybridized carbons (Fsp3) is 0.632. The SMILES string of the molecule is O=C(CC1CCC(c2ccccc2)CC1)NC1CCCNC1. The van der Waals surface area contributed by atoms with Gasteiger partial charge in [0.15, 0.2) is 0 Å². The van der Waals surface area contributed by atoms with Crippen molar-refractivity contribution in [3.05, 3.63) is 35.9 Å². The Hall–Kier alpha value is -1.35. The molecule has 1 aliphatic heterocycles. The van der Waals surface area contributed by atoms with E-state index in [1.807, 2.05) is 0 Å². The van der Waals surface area contributed by atoms with Gasteiger partial charge in [0.1, 0.15) is 0 Å². The van der Waals surface area contributed by atoms with Gasteiger partial charge in [0, 0.05) is 19.0 Å². The third-order valence-electron chi connectivity index (χ3n) is 5.25. The van der Waals surface area contributed by atoms with Gasteiger partial charge in [0.25, 0.3) is 0 Å². The zero-order valence-corrected chi connectivity index (χ0v) is 13.4. The number of hydrogen-bond donors (Lipinski definition) is 2. The highest BCUT2D eigenvalue weighted by Crippen LogP contribution is 2.36. The Morgan fingerprint density at radius 1 is 1.09 bits per heavy atom. The van der Waals surface area contributed by atoms with Crippen LogP contribution in [0.5, 0.6) is 0 Å². The second kappa shape index (κ2) is 7.77. The van der Waals surface area contributed by atoms with E-state index in [0.717, 1.165) is 25.9 Å². The van der Waals surface area contributed by atoms with E-state index in [1.54, 1.807) is 0 Å². The molecule has 1 unspecified atom stereocenters. The molecule has 0 aromatic heterocycles. The molecule has 1 heterocycles. The lowest BCUT2D eigenvalue weighted by Crippen LogP contribution is -2.46. The molecule has 1 aliphatic carbocycles. The van der Waals surface area contributed by atoms with E-state index in [9.17, 15) is 4.79 Å². The van der Waals surface area contributed by atoms with Gasteiger partial charge in [-0.05, 0) is 62.5 Å². The van der Waals surface area contributed by atoms with Gasteiger partial charge in [-0.1, -0.05) is 30.3 Å². The van der Waals surface area contributed by atoms with Gasteiger partial charge in [0.05, 0.1) is 0 Å². The van der Waals surface area contributed by atoms with E-state index in [2.05, 4.69) is 41.0 Å². The van der Waals surface area contributed by atoms with Crippen LogP contribution in [0, 0.1) is 5.92 Å². The van der Waals surface area contributed by atoms with Crippen molar-refractivity contribution in [3.63, 3.8) is 0 Å². The van der Waals surface area contributed by atoms with Gasteiger partial charge in [-0.15, -0.1) is 0 Å². The summed E-state index contributed by atoms with van der Waals surface area (Å²) < 4.78 is 0. The molecule has 3 nitrogen and oxygen atoms in total. The average Bonchev–Trinajstić information content (AvgIpc) is 2.57. The summed E-state index contributed by atoms with van der Waals surface area (Å²) in [5.74, 6) is 1.54. The van der Waals surface area contributed by atoms with Gasteiger partial charge in [-0.25, -0.2) is 0 Å². The fourth-order valence-electron chi connectivity index (χ4n) is 3.95. The van der Waals surface area contributed by atoms with Gasteiger partial charge in [-0.2, -0.15) is 0 Å². The zero-order chi connectivity index (χ0) is 15.2. The largest absolute Gasteiger partial charge is 0.352 e. The molecule has 2 N–H and O–H groups in total. The summed E-state index contributed by atoms with van der Waals surface area (Å²) >= 11 is 0. The minimum absolute atomic E-state index is 0.261. The van der Waals surface area contributed by atoms with Crippen LogP contribution in [0.25, 0.3) is 0 Å². The lowest BCUT2D eigenvalue weighted by atomic mass is 9.77. The summed E-state index contributed by atoms with van der Waals surface area (Å²) in [6, 6.07) is 11.2. The molecule has 1 saturated carbocycles. The van der Waals surface area contributed by atoms with E-state index in [0.29, 0.717) is 17.9 Å². The molecule has 2 aliphatic rings. The van der Waals surface area contributed by atoms with E-state index >= 15 is 0 Å². The third-order valence-corrected chi connectivity index (χ3v) is 5.25. The number of carbonyl (C=O) groups excluding carboxylic acids is 1. The Bertz CT molecular complexity index is 460. The molecule has 1 aromatic rings. The highest BCUT2D eigenvalue weighted by molar-refractivity contribution is 5.76. The van der Waals surface area contributed by atoms with Gasteiger partial charge >= 0.3 is 0 Å². The lowest BCUT2D eigenvalue weighted by molar-refractivity contribution is -0.123. The summed E-state index contributed by atoms with van der Waals surface area (Å²) in [4.78, 5) is 12.2. The zero-order valence-electron chi connectivity index (χ0n) is 13.4. The molecule has 1 amide bonds. The van der Waals surface area contributed by atoms with Crippen molar-refractivity contribution >= 4 is 5.91 Å². The number of nitrogens with one attached hydrogen (secondary N) is 2. The van der Waals surface area contributed by atoms with E-state index in [-0.39, 0.29) is 5.91 Å². The Balaban J connectivity index is 1.41. The van der Waals surface area contributed by atoms with Crippen molar-refractivity contribution < 1.29 is 4.79 Å². The van der Waals surface area contributed by atoms with Crippen LogP contribution in [0.1, 0.15) is 56.4 Å². The monoisotopic (exact) mass is 300 g/mol. The van der Waals surface area contributed by atoms with Crippen molar-refractivity contribution in [2.45, 2.75) is 56.9 Å². The maximum absolute atomic E-state index is 12.2. The van der Waals surface area contributed by atoms with Crippen molar-refractivity contribution in [1.82, 2.24) is 10.6 Å². The number of amides is 1. The second-order valence-corrected chi connectivity index (χ2v) is 6.94. The predicted molar refractivity (Wildman–Crippen MR) is 89.8 cm³/mol. The van der Waals surface area contributed by atoms with Crippen LogP contribution in [-0.4, -0.2) is 25.0 Å². The van der Waals surface area contributed by atoms with Crippen molar-refractivity contribution in [2.75, 3.05) is 13.1 Å². The predicted octanol–water partition coefficient (Wildman–Crippen LogP) is 3.22. The number of rotatable bonds is 4. The summed E-state index contributed by atoms with van der Waals surface area (Å²) in [6.07, 6.45) is 7.86. The van der Waals surface area contributed by atoms with Gasteiger partial charge in [-0.3, -0.25) is 4.79 Å². The molecule has 0 spiro atoms. The molecule has 1 aromatic carbocycles. The van der Waals surface area contributed by atoms with Crippen LogP contribution < -0.4 is 10.6 Å². The number of piperidine rings is 1. The van der Waals surface area contributed by atoms with Crippen molar-refractivity contribution in [1.29, 1.82) is 0 Å². The Kier molecular flexibility index (Phi) is 5.49. The summed E-state index contributed by atoms with van der Waals surface area (Å²) in [7, 11) is 0. The second-order valence-electron chi connectivity index (χ2n) is 6.94. The molecule has 0 bridgehead atoms. The standard InChI is InChI=1S/C19H28N2O/c22-19(21-18-7-4-12-20-14-18)13-15-8-10-17(11-9-15)16-5-2-1-3-6-16/h1-3,5-6,15,17-18,20H,4,7-14H2,(H,21,22). The first-order valence-corrected chi connectivity index (χ1v) is 8.86. The number of hydrogen-bond acceptors (Lipinski definition) is 2. The number of carbonyl (C=O) groups is 1. The quantitative estimate of drug-likeness (QED) is 0.896. The summed E-state index contributed by atoms with van der Waals surface area (Å²) in [5.41, 5.74) is 1.47. The average molecular weight is 300 g/mol. The molecule has 2 fully saturated rings. The number of benzene rings is 1. The van der Waals surface area contributed by atoms with Crippen molar-refractivity contribution in [2.24, 2.45) is 5.92 Å². The van der Waals surface area contributed by atoms with Crippen LogP contribution in [0.3, 0.4) is 0 Å². The molecule has 1 saturated heterocycles. The smallest absolute Gasteiger partial charge is 0.220 e. The van der Waals surface area contributed by atoms with E-state index in [4.69, 9.17) is 0 Å². The molecular formula is C19H28N2O. The molecule has 3 heteroatoms. The van der Waals surface area contributed by atoms with E-state index < -0.39 is 0 Å². The first-order valence-electron chi connectivity index (χ1n) is 8.86. The normalized spacial score (nSPS) is 29.0. The van der Waals surface area contributed by atoms with Crippen LogP contribution in [0.15, 0.2) is 30.3 Å². The maximum Gasteiger partial charge on any atom is 0.220 e. The molecule has 120 valence electrons. The molecule has 1 atom stereocenters. The summed E-state index contributed by atoms with van der Waals surface area (Å²) in [6.45, 7) is 2.03. The maximum atomic E-state index is 12.2. The lowest BCUT2D eigenvalue weighted by Gasteiger charge is -2.29. The van der Waals surface area contributed by atoms with Crippen LogP contribution in [-0.2, 0) is 4.79 Å². The summed E-state index contributed by atoms with van der Waals surface area (Å²) in [5, 5.41) is 6.56. The Morgan fingerprint density at radius 2 is 1.86 bits per heavy atom. The highest BCUT2D eigenvalue weighted by atomic mass is 16.1. The van der Waals surface area contributed by atoms with Crippen LogP contribution in [0.4, 0.5) is 0 Å². The fourth-order valence-corrected chi connectivity index (χ4v) is 3.95. The van der Waals surface area contributed by atoms with Gasteiger partial charge < -0.3 is 10.6 Å². The van der Waals surface area contributed by atoms with E-state index in [1.165, 1.54) is 37.7 Å². The molecular weight excluding hydrogens is 272 g/mol.